The molecule has 0 N–H and O–H groups in total. The monoisotopic (exact) mass is 370 g/mol. The third kappa shape index (κ3) is 5.89. The van der Waals surface area contributed by atoms with Crippen LogP contribution in [-0.2, 0) is 37.0 Å². The fourth-order valence-electron chi connectivity index (χ4n) is 3.09. The van der Waals surface area contributed by atoms with Gasteiger partial charge >= 0.3 is 5.97 Å². The molecule has 5 heteroatoms. The molecule has 1 saturated heterocycles. The molecule has 27 heavy (non-hydrogen) atoms. The third-order valence-electron chi connectivity index (χ3n) is 4.54. The molecule has 1 aliphatic heterocycles. The summed E-state index contributed by atoms with van der Waals surface area (Å²) < 4.78 is 23.3. The summed E-state index contributed by atoms with van der Waals surface area (Å²) in [4.78, 5) is 11.4. The zero-order valence-corrected chi connectivity index (χ0v) is 15.7. The Balaban J connectivity index is 1.62. The standard InChI is InChI=1S/C22H26O5/c1-16-20(24-14-18-9-5-3-6-10-18)13-21(22(26-16)27-17(2)23)25-15-19-11-7-4-8-12-19/h3-12,16,20-22H,13-15H2,1-2H3/t16-,20-,21-,22+/m1/s1. The molecule has 0 aliphatic carbocycles. The van der Waals surface area contributed by atoms with Crippen LogP contribution in [0.2, 0.25) is 0 Å². The van der Waals surface area contributed by atoms with Crippen LogP contribution in [0, 0.1) is 0 Å². The van der Waals surface area contributed by atoms with E-state index >= 15 is 0 Å². The molecule has 1 aliphatic rings. The van der Waals surface area contributed by atoms with E-state index < -0.39 is 6.29 Å². The van der Waals surface area contributed by atoms with Crippen LogP contribution in [-0.4, -0.2) is 30.6 Å². The van der Waals surface area contributed by atoms with Crippen molar-refractivity contribution in [3.8, 4) is 0 Å². The van der Waals surface area contributed by atoms with E-state index in [0.29, 0.717) is 19.6 Å². The number of hydrogen-bond donors (Lipinski definition) is 0. The molecule has 2 aromatic carbocycles. The minimum absolute atomic E-state index is 0.141. The quantitative estimate of drug-likeness (QED) is 0.693. The lowest BCUT2D eigenvalue weighted by Crippen LogP contribution is -2.49. The molecule has 0 amide bonds. The number of benzene rings is 2. The molecule has 0 saturated carbocycles. The minimum atomic E-state index is -0.724. The van der Waals surface area contributed by atoms with E-state index in [0.717, 1.165) is 11.1 Å². The molecule has 144 valence electrons. The van der Waals surface area contributed by atoms with Gasteiger partial charge in [0, 0.05) is 13.3 Å². The highest BCUT2D eigenvalue weighted by molar-refractivity contribution is 5.66. The molecule has 3 rings (SSSR count). The van der Waals surface area contributed by atoms with Crippen LogP contribution in [0.5, 0.6) is 0 Å². The highest BCUT2D eigenvalue weighted by Gasteiger charge is 2.39. The molecule has 0 bridgehead atoms. The number of hydrogen-bond acceptors (Lipinski definition) is 5. The maximum Gasteiger partial charge on any atom is 0.305 e. The summed E-state index contributed by atoms with van der Waals surface area (Å²) in [6, 6.07) is 19.9. The van der Waals surface area contributed by atoms with Crippen molar-refractivity contribution < 1.29 is 23.7 Å². The number of ether oxygens (including phenoxy) is 4. The predicted molar refractivity (Wildman–Crippen MR) is 101 cm³/mol. The van der Waals surface area contributed by atoms with Gasteiger partial charge < -0.3 is 18.9 Å². The molecular weight excluding hydrogens is 344 g/mol. The lowest BCUT2D eigenvalue weighted by atomic mass is 10.0. The van der Waals surface area contributed by atoms with Crippen LogP contribution in [0.4, 0.5) is 0 Å². The maximum atomic E-state index is 11.4. The number of carbonyl (C=O) groups excluding carboxylic acids is 1. The first-order valence-electron chi connectivity index (χ1n) is 9.25. The average molecular weight is 370 g/mol. The van der Waals surface area contributed by atoms with Crippen LogP contribution in [0.15, 0.2) is 60.7 Å². The smallest absolute Gasteiger partial charge is 0.305 e. The van der Waals surface area contributed by atoms with E-state index in [1.807, 2.05) is 67.6 Å². The summed E-state index contributed by atoms with van der Waals surface area (Å²) in [5, 5.41) is 0. The molecule has 2 aromatic rings. The Morgan fingerprint density at radius 1 is 0.926 bits per heavy atom. The SMILES string of the molecule is CC(=O)O[C@@H]1O[C@H](C)[C@H](OCc2ccccc2)C[C@H]1OCc1ccccc1. The van der Waals surface area contributed by atoms with Gasteiger partial charge in [-0.2, -0.15) is 0 Å². The summed E-state index contributed by atoms with van der Waals surface area (Å²) in [7, 11) is 0. The van der Waals surface area contributed by atoms with Gasteiger partial charge in [-0.25, -0.2) is 0 Å². The zero-order valence-electron chi connectivity index (χ0n) is 15.7. The van der Waals surface area contributed by atoms with Crippen LogP contribution >= 0.6 is 0 Å². The van der Waals surface area contributed by atoms with Gasteiger partial charge in [-0.3, -0.25) is 4.79 Å². The maximum absolute atomic E-state index is 11.4. The van der Waals surface area contributed by atoms with E-state index in [4.69, 9.17) is 18.9 Å². The van der Waals surface area contributed by atoms with Crippen molar-refractivity contribution >= 4 is 5.97 Å². The second-order valence-corrected chi connectivity index (χ2v) is 6.72. The van der Waals surface area contributed by atoms with E-state index in [2.05, 4.69) is 0 Å². The molecule has 4 atom stereocenters. The summed E-state index contributed by atoms with van der Waals surface area (Å²) >= 11 is 0. The van der Waals surface area contributed by atoms with Crippen molar-refractivity contribution in [2.24, 2.45) is 0 Å². The second-order valence-electron chi connectivity index (χ2n) is 6.72. The first-order valence-corrected chi connectivity index (χ1v) is 9.25. The molecular formula is C22H26O5. The number of carbonyl (C=O) groups is 1. The van der Waals surface area contributed by atoms with Crippen LogP contribution < -0.4 is 0 Å². The van der Waals surface area contributed by atoms with Crippen molar-refractivity contribution in [1.29, 1.82) is 0 Å². The van der Waals surface area contributed by atoms with Crippen LogP contribution in [0.1, 0.15) is 31.4 Å². The predicted octanol–water partition coefficient (Wildman–Crippen LogP) is 3.86. The lowest BCUT2D eigenvalue weighted by Gasteiger charge is -2.39. The fourth-order valence-corrected chi connectivity index (χ4v) is 3.09. The first kappa shape index (κ1) is 19.5. The van der Waals surface area contributed by atoms with E-state index in [1.165, 1.54) is 6.92 Å². The van der Waals surface area contributed by atoms with Crippen LogP contribution in [0.25, 0.3) is 0 Å². The Kier molecular flexibility index (Phi) is 6.98. The fraction of sp³-hybridized carbons (Fsp3) is 0.409. The molecule has 0 aromatic heterocycles. The Bertz CT molecular complexity index is 703. The zero-order chi connectivity index (χ0) is 19.1. The summed E-state index contributed by atoms with van der Waals surface area (Å²) in [5.41, 5.74) is 2.16. The normalized spacial score (nSPS) is 25.1. The second kappa shape index (κ2) is 9.65. The average Bonchev–Trinajstić information content (AvgIpc) is 2.67. The van der Waals surface area contributed by atoms with Crippen molar-refractivity contribution in [2.75, 3.05) is 0 Å². The van der Waals surface area contributed by atoms with E-state index in [9.17, 15) is 4.79 Å². The van der Waals surface area contributed by atoms with Crippen LogP contribution in [0.3, 0.4) is 0 Å². The van der Waals surface area contributed by atoms with Crippen molar-refractivity contribution in [3.05, 3.63) is 71.8 Å². The van der Waals surface area contributed by atoms with Gasteiger partial charge in [-0.15, -0.1) is 0 Å². The summed E-state index contributed by atoms with van der Waals surface area (Å²) in [6.45, 7) is 4.23. The highest BCUT2D eigenvalue weighted by Crippen LogP contribution is 2.27. The summed E-state index contributed by atoms with van der Waals surface area (Å²) in [6.07, 6.45) is -0.852. The van der Waals surface area contributed by atoms with E-state index in [-0.39, 0.29) is 24.3 Å². The lowest BCUT2D eigenvalue weighted by molar-refractivity contribution is -0.270. The summed E-state index contributed by atoms with van der Waals surface area (Å²) in [5.74, 6) is -0.385. The van der Waals surface area contributed by atoms with Gasteiger partial charge in [0.2, 0.25) is 6.29 Å². The van der Waals surface area contributed by atoms with Gasteiger partial charge in [0.05, 0.1) is 25.4 Å². The Hall–Kier alpha value is -2.21. The Labute approximate surface area is 160 Å². The Morgan fingerprint density at radius 2 is 1.44 bits per heavy atom. The van der Waals surface area contributed by atoms with Crippen molar-refractivity contribution in [3.63, 3.8) is 0 Å². The topological polar surface area (TPSA) is 54.0 Å². The molecule has 0 unspecified atom stereocenters. The first-order chi connectivity index (χ1) is 13.1. The molecule has 0 spiro atoms. The van der Waals surface area contributed by atoms with Gasteiger partial charge in [0.15, 0.2) is 0 Å². The van der Waals surface area contributed by atoms with E-state index in [1.54, 1.807) is 0 Å². The van der Waals surface area contributed by atoms with Crippen molar-refractivity contribution in [1.82, 2.24) is 0 Å². The largest absolute Gasteiger partial charge is 0.433 e. The Morgan fingerprint density at radius 3 is 1.96 bits per heavy atom. The molecule has 5 nitrogen and oxygen atoms in total. The molecule has 1 heterocycles. The van der Waals surface area contributed by atoms with Gasteiger partial charge in [0.1, 0.15) is 6.10 Å². The highest BCUT2D eigenvalue weighted by atomic mass is 16.7. The van der Waals surface area contributed by atoms with Gasteiger partial charge in [-0.05, 0) is 18.1 Å². The minimum Gasteiger partial charge on any atom is -0.433 e. The third-order valence-corrected chi connectivity index (χ3v) is 4.54. The van der Waals surface area contributed by atoms with Crippen molar-refractivity contribution in [2.45, 2.75) is 58.1 Å². The molecule has 1 fully saturated rings. The van der Waals surface area contributed by atoms with Gasteiger partial charge in [0.25, 0.3) is 0 Å². The molecule has 0 radical (unpaired) electrons. The van der Waals surface area contributed by atoms with Gasteiger partial charge in [-0.1, -0.05) is 60.7 Å². The number of rotatable bonds is 7. The number of esters is 1.